The van der Waals surface area contributed by atoms with Gasteiger partial charge in [-0.2, -0.15) is 13.2 Å². The number of aromatic nitrogens is 4. The summed E-state index contributed by atoms with van der Waals surface area (Å²) in [6.07, 6.45) is -0.0890. The molecule has 3 aromatic heterocycles. The van der Waals surface area contributed by atoms with E-state index in [4.69, 9.17) is 11.6 Å². The number of nitrogens with one attached hydrogen (secondary N) is 2. The summed E-state index contributed by atoms with van der Waals surface area (Å²) in [7, 11) is 0. The molecule has 44 heavy (non-hydrogen) atoms. The number of para-hydroxylation sites is 1. The van der Waals surface area contributed by atoms with Crippen LogP contribution in [-0.4, -0.2) is 67.0 Å². The number of alkyl halides is 3. The van der Waals surface area contributed by atoms with Crippen molar-refractivity contribution in [2.24, 2.45) is 5.92 Å². The largest absolute Gasteiger partial charge is 0.401 e. The molecular formula is C31H31ClF3N7O2. The maximum Gasteiger partial charge on any atom is 0.401 e. The Labute approximate surface area is 256 Å². The van der Waals surface area contributed by atoms with E-state index < -0.39 is 19.1 Å². The van der Waals surface area contributed by atoms with Crippen LogP contribution in [0.3, 0.4) is 0 Å². The number of imidazole rings is 1. The second-order valence-corrected chi connectivity index (χ2v) is 11.4. The molecule has 0 aliphatic carbocycles. The number of hydrogen-bond acceptors (Lipinski definition) is 7. The Hall–Kier alpha value is -3.97. The normalized spacial score (nSPS) is 18.3. The number of carbonyl (C=O) groups excluding carboxylic acids is 1. The third-order valence-corrected chi connectivity index (χ3v) is 8.73. The zero-order valence-electron chi connectivity index (χ0n) is 24.0. The number of hydrogen-bond donors (Lipinski definition) is 3. The number of rotatable bonds is 8. The second kappa shape index (κ2) is 11.8. The fourth-order valence-corrected chi connectivity index (χ4v) is 6.15. The number of aliphatic hydroxyl groups is 1. The highest BCUT2D eigenvalue weighted by atomic mass is 35.5. The average molecular weight is 626 g/mol. The lowest BCUT2D eigenvalue weighted by atomic mass is 9.91. The van der Waals surface area contributed by atoms with Crippen LogP contribution in [0.25, 0.3) is 16.8 Å². The molecule has 4 heterocycles. The molecule has 0 radical (unpaired) electrons. The minimum atomic E-state index is -4.43. The van der Waals surface area contributed by atoms with E-state index in [9.17, 15) is 23.1 Å². The fraction of sp³-hybridized carbons (Fsp3) is 0.323. The van der Waals surface area contributed by atoms with Crippen molar-refractivity contribution < 1.29 is 23.1 Å². The topological polar surface area (TPSA) is 99.7 Å². The summed E-state index contributed by atoms with van der Waals surface area (Å²) in [4.78, 5) is 24.7. The van der Waals surface area contributed by atoms with E-state index in [-0.39, 0.29) is 17.7 Å². The first kappa shape index (κ1) is 30.1. The van der Waals surface area contributed by atoms with E-state index in [2.05, 4.69) is 20.6 Å². The van der Waals surface area contributed by atoms with E-state index >= 15 is 0 Å². The Morgan fingerprint density at radius 3 is 2.64 bits per heavy atom. The molecule has 3 atom stereocenters. The van der Waals surface area contributed by atoms with Gasteiger partial charge in [-0.25, -0.2) is 9.97 Å². The number of nitrogens with zero attached hydrogens (tertiary/aromatic N) is 5. The number of benzene rings is 2. The van der Waals surface area contributed by atoms with Crippen molar-refractivity contribution in [2.45, 2.75) is 38.7 Å². The standard InChI is InChI=1S/C31H31ClF3N7O2/c1-3-19-15-40(30(44)38-17-31(33,34)35)16-21(19)26-13-36-27-14-37-28-25(42(26)27)11-12-41(28)29(43)20-7-4-5-9-24(20)39-23-10-6-8-22(32)18(23)2/h4-14,19,21,30,38-39,44H,3,15-17H2,1-2H3/t19-,21+,30?/m1/s1. The van der Waals surface area contributed by atoms with Crippen molar-refractivity contribution in [1.29, 1.82) is 0 Å². The van der Waals surface area contributed by atoms with Crippen LogP contribution in [0.1, 0.15) is 40.9 Å². The van der Waals surface area contributed by atoms with Crippen molar-refractivity contribution in [1.82, 2.24) is 29.2 Å². The van der Waals surface area contributed by atoms with Gasteiger partial charge in [-0.15, -0.1) is 0 Å². The summed E-state index contributed by atoms with van der Waals surface area (Å²) in [6, 6.07) is 14.6. The fourth-order valence-electron chi connectivity index (χ4n) is 5.98. The quantitative estimate of drug-likeness (QED) is 0.184. The van der Waals surface area contributed by atoms with Gasteiger partial charge >= 0.3 is 6.18 Å². The molecule has 6 rings (SSSR count). The number of aliphatic hydroxyl groups excluding tert-OH is 1. The molecule has 3 N–H and O–H groups in total. The molecule has 1 saturated heterocycles. The van der Waals surface area contributed by atoms with Crippen LogP contribution in [0.2, 0.25) is 5.02 Å². The summed E-state index contributed by atoms with van der Waals surface area (Å²) in [5.41, 5.74) is 5.23. The minimum absolute atomic E-state index is 0.0667. The summed E-state index contributed by atoms with van der Waals surface area (Å²) in [5.74, 6) is -0.335. The van der Waals surface area contributed by atoms with Crippen LogP contribution < -0.4 is 10.6 Å². The maximum atomic E-state index is 14.0. The van der Waals surface area contributed by atoms with Gasteiger partial charge in [0.15, 0.2) is 17.6 Å². The van der Waals surface area contributed by atoms with Crippen molar-refractivity contribution in [3.63, 3.8) is 0 Å². The molecule has 0 bridgehead atoms. The van der Waals surface area contributed by atoms with Gasteiger partial charge in [0.05, 0.1) is 29.5 Å². The van der Waals surface area contributed by atoms with Crippen molar-refractivity contribution in [2.75, 3.05) is 25.0 Å². The van der Waals surface area contributed by atoms with Crippen LogP contribution in [0.5, 0.6) is 0 Å². The summed E-state index contributed by atoms with van der Waals surface area (Å²) >= 11 is 6.31. The first-order valence-corrected chi connectivity index (χ1v) is 14.6. The molecular weight excluding hydrogens is 595 g/mol. The van der Waals surface area contributed by atoms with Gasteiger partial charge in [-0.1, -0.05) is 43.1 Å². The molecule has 13 heteroatoms. The first-order valence-electron chi connectivity index (χ1n) is 14.3. The van der Waals surface area contributed by atoms with E-state index in [0.717, 1.165) is 23.4 Å². The Morgan fingerprint density at radius 1 is 1.09 bits per heavy atom. The van der Waals surface area contributed by atoms with Crippen molar-refractivity contribution in [3.8, 4) is 0 Å². The lowest BCUT2D eigenvalue weighted by molar-refractivity contribution is -0.139. The Balaban J connectivity index is 1.33. The Morgan fingerprint density at radius 2 is 1.86 bits per heavy atom. The molecule has 230 valence electrons. The maximum absolute atomic E-state index is 14.0. The summed E-state index contributed by atoms with van der Waals surface area (Å²) in [6.45, 7) is 3.39. The summed E-state index contributed by atoms with van der Waals surface area (Å²) in [5, 5.41) is 16.6. The SMILES string of the molecule is CC[C@@H]1CN(C(O)NCC(F)(F)F)C[C@@H]1c1cnc2cnc3c(ccn3C(=O)c3ccccc3Nc3cccc(Cl)c3C)n12. The zero-order valence-corrected chi connectivity index (χ0v) is 24.8. The van der Waals surface area contributed by atoms with Gasteiger partial charge in [0.2, 0.25) is 0 Å². The smallest absolute Gasteiger partial charge is 0.365 e. The molecule has 1 aliphatic heterocycles. The van der Waals surface area contributed by atoms with E-state index in [1.165, 1.54) is 4.57 Å². The van der Waals surface area contributed by atoms with Crippen molar-refractivity contribution in [3.05, 3.63) is 89.0 Å². The van der Waals surface area contributed by atoms with Crippen LogP contribution in [-0.2, 0) is 0 Å². The van der Waals surface area contributed by atoms with E-state index in [1.807, 2.05) is 48.6 Å². The molecule has 5 aromatic rings. The lowest BCUT2D eigenvalue weighted by Gasteiger charge is -2.24. The predicted molar refractivity (Wildman–Crippen MR) is 162 cm³/mol. The first-order chi connectivity index (χ1) is 21.1. The minimum Gasteiger partial charge on any atom is -0.365 e. The van der Waals surface area contributed by atoms with E-state index in [0.29, 0.717) is 46.2 Å². The predicted octanol–water partition coefficient (Wildman–Crippen LogP) is 5.93. The molecule has 0 saturated carbocycles. The van der Waals surface area contributed by atoms with Gasteiger partial charge in [0.1, 0.15) is 0 Å². The molecule has 2 aromatic carbocycles. The average Bonchev–Trinajstić information content (AvgIpc) is 3.74. The number of halogens is 4. The third kappa shape index (κ3) is 5.65. The number of carbonyl (C=O) groups is 1. The Kier molecular flexibility index (Phi) is 8.10. The monoisotopic (exact) mass is 625 g/mol. The van der Waals surface area contributed by atoms with Crippen LogP contribution in [0.4, 0.5) is 24.5 Å². The van der Waals surface area contributed by atoms with Crippen LogP contribution in [0.15, 0.2) is 67.1 Å². The molecule has 1 fully saturated rings. The molecule has 1 unspecified atom stereocenters. The van der Waals surface area contributed by atoms with Gasteiger partial charge in [-0.3, -0.25) is 24.0 Å². The van der Waals surface area contributed by atoms with Gasteiger partial charge in [0.25, 0.3) is 5.91 Å². The molecule has 1 aliphatic rings. The summed E-state index contributed by atoms with van der Waals surface area (Å²) < 4.78 is 41.7. The van der Waals surface area contributed by atoms with Crippen LogP contribution in [0, 0.1) is 12.8 Å². The number of likely N-dealkylation sites (tertiary alicyclic amines) is 1. The second-order valence-electron chi connectivity index (χ2n) is 11.0. The van der Waals surface area contributed by atoms with Gasteiger partial charge < -0.3 is 10.4 Å². The number of anilines is 2. The molecule has 0 spiro atoms. The Bertz CT molecular complexity index is 1840. The van der Waals surface area contributed by atoms with Crippen molar-refractivity contribution >= 4 is 45.7 Å². The third-order valence-electron chi connectivity index (χ3n) is 8.32. The lowest BCUT2D eigenvalue weighted by Crippen LogP contribution is -2.47. The van der Waals surface area contributed by atoms with Crippen LogP contribution >= 0.6 is 11.6 Å². The zero-order chi connectivity index (χ0) is 31.2. The highest BCUT2D eigenvalue weighted by Crippen LogP contribution is 2.37. The number of fused-ring (bicyclic) bond motifs is 3. The van der Waals surface area contributed by atoms with Gasteiger partial charge in [0, 0.05) is 47.8 Å². The molecule has 9 nitrogen and oxygen atoms in total. The van der Waals surface area contributed by atoms with E-state index in [1.54, 1.807) is 41.7 Å². The highest BCUT2D eigenvalue weighted by Gasteiger charge is 2.38. The highest BCUT2D eigenvalue weighted by molar-refractivity contribution is 6.31. The molecule has 0 amide bonds. The van der Waals surface area contributed by atoms with Gasteiger partial charge in [-0.05, 0) is 48.7 Å².